The zero-order chi connectivity index (χ0) is 14.5. The van der Waals surface area contributed by atoms with Gasteiger partial charge in [-0.15, -0.1) is 11.3 Å². The number of nitrogens with two attached hydrogens (primary N) is 1. The Morgan fingerprint density at radius 3 is 2.55 bits per heavy atom. The van der Waals surface area contributed by atoms with E-state index in [0.29, 0.717) is 0 Å². The molecule has 3 nitrogen and oxygen atoms in total. The van der Waals surface area contributed by atoms with Crippen molar-refractivity contribution in [3.63, 3.8) is 0 Å². The molecule has 2 atom stereocenters. The molecule has 0 radical (unpaired) electrons. The highest BCUT2D eigenvalue weighted by molar-refractivity contribution is 7.10. The van der Waals surface area contributed by atoms with Crippen LogP contribution in [0.25, 0.3) is 0 Å². The molecule has 0 fully saturated rings. The first-order chi connectivity index (χ1) is 9.61. The van der Waals surface area contributed by atoms with Crippen LogP contribution in [0.1, 0.15) is 41.4 Å². The van der Waals surface area contributed by atoms with E-state index < -0.39 is 6.04 Å². The predicted molar refractivity (Wildman–Crippen MR) is 83.6 cm³/mol. The van der Waals surface area contributed by atoms with Gasteiger partial charge in [0.05, 0.1) is 6.04 Å². The molecule has 2 rings (SSSR count). The third-order valence-electron chi connectivity index (χ3n) is 3.34. The van der Waals surface area contributed by atoms with E-state index >= 15 is 0 Å². The minimum Gasteiger partial charge on any atom is -0.348 e. The molecule has 1 heterocycles. The largest absolute Gasteiger partial charge is 0.348 e. The highest BCUT2D eigenvalue weighted by Gasteiger charge is 2.20. The second-order valence-electron chi connectivity index (χ2n) is 4.87. The Hall–Kier alpha value is -1.65. The van der Waals surface area contributed by atoms with E-state index in [-0.39, 0.29) is 11.9 Å². The van der Waals surface area contributed by atoms with Crippen LogP contribution < -0.4 is 11.1 Å². The zero-order valence-electron chi connectivity index (χ0n) is 11.8. The number of rotatable bonds is 5. The second-order valence-corrected chi connectivity index (χ2v) is 5.85. The van der Waals surface area contributed by atoms with Gasteiger partial charge in [-0.05, 0) is 30.4 Å². The van der Waals surface area contributed by atoms with Crippen LogP contribution >= 0.6 is 11.3 Å². The van der Waals surface area contributed by atoms with Gasteiger partial charge in [-0.1, -0.05) is 42.8 Å². The van der Waals surface area contributed by atoms with E-state index in [1.54, 1.807) is 0 Å². The van der Waals surface area contributed by atoms with Crippen molar-refractivity contribution in [3.05, 3.63) is 57.8 Å². The fraction of sp³-hybridized carbons (Fsp3) is 0.312. The number of carbonyl (C=O) groups is 1. The lowest BCUT2D eigenvalue weighted by Crippen LogP contribution is -2.36. The van der Waals surface area contributed by atoms with Crippen molar-refractivity contribution in [2.24, 2.45) is 5.73 Å². The number of carbonyl (C=O) groups excluding carboxylic acids is 1. The van der Waals surface area contributed by atoms with Gasteiger partial charge in [0.25, 0.3) is 0 Å². The molecule has 20 heavy (non-hydrogen) atoms. The normalized spacial score (nSPS) is 13.8. The predicted octanol–water partition coefficient (Wildman–Crippen LogP) is 3.32. The first kappa shape index (κ1) is 14.8. The van der Waals surface area contributed by atoms with Crippen LogP contribution in [0.15, 0.2) is 41.8 Å². The van der Waals surface area contributed by atoms with Crippen LogP contribution in [0.2, 0.25) is 0 Å². The Labute approximate surface area is 123 Å². The lowest BCUT2D eigenvalue weighted by atomic mass is 10.0. The van der Waals surface area contributed by atoms with Crippen molar-refractivity contribution >= 4 is 17.2 Å². The van der Waals surface area contributed by atoms with Crippen molar-refractivity contribution in [1.29, 1.82) is 0 Å². The van der Waals surface area contributed by atoms with E-state index in [2.05, 4.69) is 43.4 Å². The molecule has 0 aliphatic carbocycles. The summed E-state index contributed by atoms with van der Waals surface area (Å²) in [6.07, 6.45) is 0.839. The molecule has 3 N–H and O–H groups in total. The molecular weight excluding hydrogens is 268 g/mol. The molecular formula is C16H20N2OS. The summed E-state index contributed by atoms with van der Waals surface area (Å²) in [4.78, 5) is 13.1. The minimum absolute atomic E-state index is 0.00844. The van der Waals surface area contributed by atoms with E-state index in [4.69, 9.17) is 5.73 Å². The Kier molecular flexibility index (Phi) is 4.93. The average Bonchev–Trinajstić information content (AvgIpc) is 2.99. The summed E-state index contributed by atoms with van der Waals surface area (Å²) in [6, 6.07) is 11.4. The van der Waals surface area contributed by atoms with E-state index in [1.165, 1.54) is 16.9 Å². The summed E-state index contributed by atoms with van der Waals surface area (Å²) in [5, 5.41) is 4.96. The molecule has 4 heteroatoms. The SMILES string of the molecule is CCC(NC(=O)C(N)c1cccs1)c1ccc(C)cc1. The van der Waals surface area contributed by atoms with Gasteiger partial charge in [-0.25, -0.2) is 0 Å². The molecule has 0 saturated heterocycles. The van der Waals surface area contributed by atoms with E-state index in [0.717, 1.165) is 16.9 Å². The maximum Gasteiger partial charge on any atom is 0.242 e. The smallest absolute Gasteiger partial charge is 0.242 e. The lowest BCUT2D eigenvalue weighted by molar-refractivity contribution is -0.123. The van der Waals surface area contributed by atoms with Gasteiger partial charge >= 0.3 is 0 Å². The molecule has 1 amide bonds. The summed E-state index contributed by atoms with van der Waals surface area (Å²) >= 11 is 1.51. The highest BCUT2D eigenvalue weighted by Crippen LogP contribution is 2.21. The Balaban J connectivity index is 2.06. The van der Waals surface area contributed by atoms with Crippen molar-refractivity contribution < 1.29 is 4.79 Å². The fourth-order valence-electron chi connectivity index (χ4n) is 2.08. The van der Waals surface area contributed by atoms with Crippen molar-refractivity contribution in [1.82, 2.24) is 5.32 Å². The quantitative estimate of drug-likeness (QED) is 0.886. The molecule has 0 bridgehead atoms. The third kappa shape index (κ3) is 3.46. The summed E-state index contributed by atoms with van der Waals surface area (Å²) in [7, 11) is 0. The van der Waals surface area contributed by atoms with Gasteiger partial charge in [0.1, 0.15) is 6.04 Å². The van der Waals surface area contributed by atoms with Gasteiger partial charge in [-0.2, -0.15) is 0 Å². The Morgan fingerprint density at radius 1 is 1.30 bits per heavy atom. The number of thiophene rings is 1. The molecule has 0 aliphatic rings. The summed E-state index contributed by atoms with van der Waals surface area (Å²) in [5.41, 5.74) is 8.32. The Morgan fingerprint density at radius 2 is 2.00 bits per heavy atom. The van der Waals surface area contributed by atoms with E-state index in [1.807, 2.05) is 17.5 Å². The van der Waals surface area contributed by atoms with Crippen LogP contribution in [-0.2, 0) is 4.79 Å². The van der Waals surface area contributed by atoms with Crippen LogP contribution in [0.4, 0.5) is 0 Å². The molecule has 2 aromatic rings. The monoisotopic (exact) mass is 288 g/mol. The van der Waals surface area contributed by atoms with Gasteiger partial charge in [0.15, 0.2) is 0 Å². The van der Waals surface area contributed by atoms with Crippen molar-refractivity contribution in [2.75, 3.05) is 0 Å². The van der Waals surface area contributed by atoms with Crippen LogP contribution in [0.5, 0.6) is 0 Å². The number of amides is 1. The zero-order valence-corrected chi connectivity index (χ0v) is 12.6. The van der Waals surface area contributed by atoms with E-state index in [9.17, 15) is 4.79 Å². The lowest BCUT2D eigenvalue weighted by Gasteiger charge is -2.20. The summed E-state index contributed by atoms with van der Waals surface area (Å²) in [6.45, 7) is 4.11. The molecule has 0 aliphatic heterocycles. The highest BCUT2D eigenvalue weighted by atomic mass is 32.1. The third-order valence-corrected chi connectivity index (χ3v) is 4.29. The fourth-order valence-corrected chi connectivity index (χ4v) is 2.80. The minimum atomic E-state index is -0.588. The molecule has 1 aromatic carbocycles. The van der Waals surface area contributed by atoms with Gasteiger partial charge in [-0.3, -0.25) is 4.79 Å². The molecule has 2 unspecified atom stereocenters. The number of aryl methyl sites for hydroxylation is 1. The number of hydrogen-bond donors (Lipinski definition) is 2. The summed E-state index contributed by atoms with van der Waals surface area (Å²) in [5.74, 6) is -0.125. The standard InChI is InChI=1S/C16H20N2OS/c1-3-13(12-8-6-11(2)7-9-12)18-16(19)15(17)14-5-4-10-20-14/h4-10,13,15H,3,17H2,1-2H3,(H,18,19). The molecule has 1 aromatic heterocycles. The van der Waals surface area contributed by atoms with Gasteiger partial charge in [0, 0.05) is 4.88 Å². The van der Waals surface area contributed by atoms with Crippen molar-refractivity contribution in [2.45, 2.75) is 32.4 Å². The number of nitrogens with one attached hydrogen (secondary N) is 1. The van der Waals surface area contributed by atoms with Crippen LogP contribution in [0.3, 0.4) is 0 Å². The number of benzene rings is 1. The molecule has 0 spiro atoms. The Bertz CT molecular complexity index is 548. The summed E-state index contributed by atoms with van der Waals surface area (Å²) < 4.78 is 0. The topological polar surface area (TPSA) is 55.1 Å². The van der Waals surface area contributed by atoms with Gasteiger partial charge in [0.2, 0.25) is 5.91 Å². The average molecular weight is 288 g/mol. The second kappa shape index (κ2) is 6.68. The first-order valence-electron chi connectivity index (χ1n) is 6.77. The maximum absolute atomic E-state index is 12.2. The van der Waals surface area contributed by atoms with Crippen LogP contribution in [0, 0.1) is 6.92 Å². The molecule has 106 valence electrons. The van der Waals surface area contributed by atoms with Gasteiger partial charge < -0.3 is 11.1 Å². The van der Waals surface area contributed by atoms with Crippen LogP contribution in [-0.4, -0.2) is 5.91 Å². The first-order valence-corrected chi connectivity index (χ1v) is 7.65. The van der Waals surface area contributed by atoms with Crippen molar-refractivity contribution in [3.8, 4) is 0 Å². The number of hydrogen-bond acceptors (Lipinski definition) is 3. The maximum atomic E-state index is 12.2. The molecule has 0 saturated carbocycles.